The van der Waals surface area contributed by atoms with Crippen LogP contribution in [0.25, 0.3) is 112 Å². The molecule has 0 fully saturated rings. The van der Waals surface area contributed by atoms with E-state index in [1.165, 1.54) is 0 Å². The molecule has 4 aromatic heterocycles. The Bertz CT molecular complexity index is 3970. The molecule has 0 saturated carbocycles. The maximum absolute atomic E-state index is 9.78. The van der Waals surface area contributed by atoms with Gasteiger partial charge in [0.25, 0.3) is 0 Å². The van der Waals surface area contributed by atoms with Gasteiger partial charge in [-0.25, -0.2) is 19.9 Å². The van der Waals surface area contributed by atoms with Gasteiger partial charge in [-0.3, -0.25) is 9.13 Å². The third kappa shape index (κ3) is 6.54. The minimum atomic E-state index is 0.534. The fourth-order valence-electron chi connectivity index (χ4n) is 9.11. The van der Waals surface area contributed by atoms with E-state index in [2.05, 4.69) is 118 Å². The second kappa shape index (κ2) is 15.7. The van der Waals surface area contributed by atoms with E-state index < -0.39 is 0 Å². The summed E-state index contributed by atoms with van der Waals surface area (Å²) >= 11 is 0. The average molecular weight is 843 g/mol. The summed E-state index contributed by atoms with van der Waals surface area (Å²) in [6, 6.07) is 73.8. The quantitative estimate of drug-likeness (QED) is 0.158. The van der Waals surface area contributed by atoms with Crippen molar-refractivity contribution in [2.24, 2.45) is 0 Å². The predicted octanol–water partition coefficient (Wildman–Crippen LogP) is 13.5. The van der Waals surface area contributed by atoms with Gasteiger partial charge in [0.05, 0.1) is 68.1 Å². The van der Waals surface area contributed by atoms with Gasteiger partial charge >= 0.3 is 0 Å². The van der Waals surface area contributed by atoms with Crippen LogP contribution in [0.15, 0.2) is 206 Å². The zero-order valence-electron chi connectivity index (χ0n) is 35.2. The van der Waals surface area contributed by atoms with Gasteiger partial charge in [-0.15, -0.1) is 0 Å². The molecule has 8 nitrogen and oxygen atoms in total. The van der Waals surface area contributed by atoms with Crippen molar-refractivity contribution in [3.05, 3.63) is 217 Å². The van der Waals surface area contributed by atoms with Gasteiger partial charge in [0.2, 0.25) is 11.9 Å². The normalized spacial score (nSPS) is 11.3. The Labute approximate surface area is 379 Å². The maximum Gasteiger partial charge on any atom is 0.235 e. The number of rotatable bonds is 7. The first-order valence-corrected chi connectivity index (χ1v) is 21.6. The second-order valence-electron chi connectivity index (χ2n) is 16.2. The Kier molecular flexibility index (Phi) is 9.08. The lowest BCUT2D eigenvalue weighted by molar-refractivity contribution is 0.995. The van der Waals surface area contributed by atoms with Gasteiger partial charge in [0.1, 0.15) is 0 Å². The summed E-state index contributed by atoms with van der Waals surface area (Å²) in [5.41, 5.74) is 13.7. The highest BCUT2D eigenvalue weighted by Crippen LogP contribution is 2.39. The highest BCUT2D eigenvalue weighted by atomic mass is 15.2. The highest BCUT2D eigenvalue weighted by Gasteiger charge is 2.21. The van der Waals surface area contributed by atoms with Gasteiger partial charge in [-0.1, -0.05) is 140 Å². The van der Waals surface area contributed by atoms with Crippen LogP contribution in [0.4, 0.5) is 0 Å². The molecule has 0 amide bonds. The number of hydrogen-bond donors (Lipinski definition) is 0. The molecule has 12 rings (SSSR count). The van der Waals surface area contributed by atoms with E-state index in [9.17, 15) is 10.5 Å². The van der Waals surface area contributed by atoms with Gasteiger partial charge in [-0.05, 0) is 77.9 Å². The summed E-state index contributed by atoms with van der Waals surface area (Å²) in [5, 5.41) is 23.8. The second-order valence-corrected chi connectivity index (χ2v) is 16.2. The maximum atomic E-state index is 9.78. The van der Waals surface area contributed by atoms with E-state index in [0.29, 0.717) is 23.0 Å². The van der Waals surface area contributed by atoms with Crippen LogP contribution in [0, 0.1) is 22.7 Å². The molecule has 0 aliphatic carbocycles. The van der Waals surface area contributed by atoms with Gasteiger partial charge in [0, 0.05) is 43.8 Å². The lowest BCUT2D eigenvalue weighted by Gasteiger charge is -2.13. The monoisotopic (exact) mass is 842 g/mol. The van der Waals surface area contributed by atoms with E-state index in [1.54, 1.807) is 12.1 Å². The first-order chi connectivity index (χ1) is 32.6. The molecule has 8 heteroatoms. The van der Waals surface area contributed by atoms with Crippen molar-refractivity contribution in [1.29, 1.82) is 10.5 Å². The van der Waals surface area contributed by atoms with E-state index in [-0.39, 0.29) is 0 Å². The van der Waals surface area contributed by atoms with Gasteiger partial charge in [0.15, 0.2) is 0 Å². The number of nitrogens with zero attached hydrogens (tertiary/aromatic N) is 8. The van der Waals surface area contributed by atoms with Crippen molar-refractivity contribution in [2.75, 3.05) is 0 Å². The minimum absolute atomic E-state index is 0.534. The van der Waals surface area contributed by atoms with Crippen LogP contribution >= 0.6 is 0 Å². The van der Waals surface area contributed by atoms with Crippen LogP contribution in [0.5, 0.6) is 0 Å². The largest absolute Gasteiger partial charge is 0.278 e. The van der Waals surface area contributed by atoms with Crippen molar-refractivity contribution in [1.82, 2.24) is 29.1 Å². The Hall–Kier alpha value is -9.50. The number of para-hydroxylation sites is 2. The number of nitriles is 2. The molecule has 8 aromatic carbocycles. The van der Waals surface area contributed by atoms with Gasteiger partial charge < -0.3 is 0 Å². The summed E-state index contributed by atoms with van der Waals surface area (Å²) in [6.07, 6.45) is 0. The molecule has 0 spiro atoms. The summed E-state index contributed by atoms with van der Waals surface area (Å²) in [5.74, 6) is 1.07. The van der Waals surface area contributed by atoms with E-state index in [4.69, 9.17) is 19.9 Å². The van der Waals surface area contributed by atoms with Crippen LogP contribution in [0.2, 0.25) is 0 Å². The molecule has 12 aromatic rings. The molecule has 0 radical (unpaired) electrons. The number of hydrogen-bond acceptors (Lipinski definition) is 6. The zero-order chi connectivity index (χ0) is 44.1. The minimum Gasteiger partial charge on any atom is -0.278 e. The van der Waals surface area contributed by atoms with Gasteiger partial charge in [-0.2, -0.15) is 10.5 Å². The molecule has 0 N–H and O–H groups in total. The third-order valence-electron chi connectivity index (χ3n) is 12.2. The molecule has 0 atom stereocenters. The van der Waals surface area contributed by atoms with Crippen LogP contribution in [0.1, 0.15) is 11.1 Å². The fourth-order valence-corrected chi connectivity index (χ4v) is 9.11. The summed E-state index contributed by atoms with van der Waals surface area (Å²) in [6.45, 7) is 0. The molecule has 0 aliphatic heterocycles. The third-order valence-corrected chi connectivity index (χ3v) is 12.2. The molecule has 4 heterocycles. The summed E-state index contributed by atoms with van der Waals surface area (Å²) < 4.78 is 4.30. The molecule has 0 aliphatic rings. The van der Waals surface area contributed by atoms with Crippen LogP contribution in [-0.4, -0.2) is 29.1 Å². The lowest BCUT2D eigenvalue weighted by Crippen LogP contribution is -2.04. The average Bonchev–Trinajstić information content (AvgIpc) is 3.91. The van der Waals surface area contributed by atoms with E-state index in [0.717, 1.165) is 99.8 Å². The summed E-state index contributed by atoms with van der Waals surface area (Å²) in [7, 11) is 0. The number of fused-ring (bicyclic) bond motifs is 6. The Balaban J connectivity index is 1.05. The molecule has 0 bridgehead atoms. The van der Waals surface area contributed by atoms with Crippen LogP contribution in [-0.2, 0) is 0 Å². The van der Waals surface area contributed by atoms with Crippen LogP contribution < -0.4 is 0 Å². The van der Waals surface area contributed by atoms with Crippen LogP contribution in [0.3, 0.4) is 0 Å². The molecular weight excluding hydrogens is 809 g/mol. The molecule has 0 saturated heterocycles. The SMILES string of the molecule is N#Cc1cccc(-c2cc(-c3ccccc3)nc(-n3c4ccccc4c4cc(-c5ccc6c7ccccc7n(-c7nc(-c8ccccc8)cc(-c8cccc(C#N)c8)n7)c6c5)ccc43)n2)c1. The Morgan fingerprint density at radius 3 is 1.24 bits per heavy atom. The van der Waals surface area contributed by atoms with Crippen molar-refractivity contribution >= 4 is 43.6 Å². The zero-order valence-corrected chi connectivity index (χ0v) is 35.2. The fraction of sp³-hybridized carbons (Fsp3) is 0. The highest BCUT2D eigenvalue weighted by molar-refractivity contribution is 6.12. The summed E-state index contributed by atoms with van der Waals surface area (Å²) in [4.78, 5) is 20.9. The van der Waals surface area contributed by atoms with Crippen molar-refractivity contribution < 1.29 is 0 Å². The Morgan fingerprint density at radius 2 is 0.697 bits per heavy atom. The van der Waals surface area contributed by atoms with Crippen molar-refractivity contribution in [3.63, 3.8) is 0 Å². The Morgan fingerprint density at radius 1 is 0.288 bits per heavy atom. The predicted molar refractivity (Wildman–Crippen MR) is 263 cm³/mol. The standard InChI is InChI=1S/C58H34N8/c59-35-37-13-11-19-43(29-37)51-33-49(39-15-3-1-4-16-39)61-57(63-51)65-54-24-10-8-22-46(54)48-31-41(26-28-55(48)65)42-25-27-47-45-21-7-9-23-53(45)66(56(47)32-42)58-62-50(40-17-5-2-6-18-40)34-52(64-58)44-20-12-14-38(30-44)36-60/h1-34H. The number of benzene rings is 8. The molecule has 66 heavy (non-hydrogen) atoms. The molecule has 306 valence electrons. The topological polar surface area (TPSA) is 109 Å². The van der Waals surface area contributed by atoms with E-state index in [1.807, 2.05) is 97.1 Å². The first-order valence-electron chi connectivity index (χ1n) is 21.6. The smallest absolute Gasteiger partial charge is 0.235 e. The number of aromatic nitrogens is 6. The van der Waals surface area contributed by atoms with E-state index >= 15 is 0 Å². The lowest BCUT2D eigenvalue weighted by atomic mass is 10.0. The van der Waals surface area contributed by atoms with Crippen molar-refractivity contribution in [3.8, 4) is 80.2 Å². The molecule has 0 unspecified atom stereocenters. The van der Waals surface area contributed by atoms with Crippen molar-refractivity contribution in [2.45, 2.75) is 0 Å². The molecular formula is C58H34N8. The first kappa shape index (κ1) is 38.2.